The van der Waals surface area contributed by atoms with Gasteiger partial charge in [-0.15, -0.1) is 0 Å². The molecule has 0 spiro atoms. The SMILES string of the molecule is Cc1cccc(N2C[C@@H](c3cc(=O)[nH]c(N(C)CCN(C)C)n3)CC2=O)c1C. The van der Waals surface area contributed by atoms with Gasteiger partial charge in [0.05, 0.1) is 5.69 Å². The number of carbonyl (C=O) groups is 1. The van der Waals surface area contributed by atoms with Crippen molar-refractivity contribution in [3.8, 4) is 0 Å². The van der Waals surface area contributed by atoms with Gasteiger partial charge in [-0.25, -0.2) is 4.98 Å². The first kappa shape index (κ1) is 20.1. The molecule has 1 saturated heterocycles. The minimum Gasteiger partial charge on any atom is -0.344 e. The Labute approximate surface area is 166 Å². The van der Waals surface area contributed by atoms with E-state index in [1.807, 2.05) is 63.0 Å². The first-order valence-corrected chi connectivity index (χ1v) is 9.60. The van der Waals surface area contributed by atoms with Crippen LogP contribution in [-0.4, -0.2) is 61.6 Å². The number of rotatable bonds is 6. The average Bonchev–Trinajstić information content (AvgIpc) is 3.03. The molecule has 2 heterocycles. The van der Waals surface area contributed by atoms with Crippen molar-refractivity contribution in [3.05, 3.63) is 51.4 Å². The molecule has 7 nitrogen and oxygen atoms in total. The van der Waals surface area contributed by atoms with Crippen LogP contribution >= 0.6 is 0 Å². The van der Waals surface area contributed by atoms with Crippen LogP contribution in [0, 0.1) is 13.8 Å². The molecule has 1 N–H and O–H groups in total. The van der Waals surface area contributed by atoms with Crippen molar-refractivity contribution in [2.75, 3.05) is 50.6 Å². The summed E-state index contributed by atoms with van der Waals surface area (Å²) in [4.78, 5) is 38.2. The van der Waals surface area contributed by atoms with Gasteiger partial charge in [-0.2, -0.15) is 0 Å². The molecule has 0 saturated carbocycles. The number of aryl methyl sites for hydroxylation is 1. The van der Waals surface area contributed by atoms with Gasteiger partial charge in [0, 0.05) is 50.8 Å². The summed E-state index contributed by atoms with van der Waals surface area (Å²) in [5.74, 6) is 0.529. The zero-order chi connectivity index (χ0) is 20.4. The number of amides is 1. The molecule has 28 heavy (non-hydrogen) atoms. The number of H-pyrrole nitrogens is 1. The predicted molar refractivity (Wildman–Crippen MR) is 112 cm³/mol. The molecular formula is C21H29N5O2. The minimum absolute atomic E-state index is 0.0725. The fraction of sp³-hybridized carbons (Fsp3) is 0.476. The lowest BCUT2D eigenvalue weighted by Gasteiger charge is -2.22. The summed E-state index contributed by atoms with van der Waals surface area (Å²) < 4.78 is 0. The van der Waals surface area contributed by atoms with Gasteiger partial charge in [-0.1, -0.05) is 12.1 Å². The largest absolute Gasteiger partial charge is 0.344 e. The Kier molecular flexibility index (Phi) is 5.84. The number of benzene rings is 1. The first-order chi connectivity index (χ1) is 13.3. The maximum atomic E-state index is 12.7. The van der Waals surface area contributed by atoms with E-state index in [1.165, 1.54) is 6.07 Å². The van der Waals surface area contributed by atoms with Crippen molar-refractivity contribution in [1.29, 1.82) is 0 Å². The van der Waals surface area contributed by atoms with Crippen molar-refractivity contribution in [1.82, 2.24) is 14.9 Å². The molecule has 7 heteroatoms. The Bertz CT molecular complexity index is 921. The lowest BCUT2D eigenvalue weighted by molar-refractivity contribution is -0.117. The smallest absolute Gasteiger partial charge is 0.252 e. The Balaban J connectivity index is 1.83. The van der Waals surface area contributed by atoms with Crippen LogP contribution in [0.1, 0.15) is 29.2 Å². The highest BCUT2D eigenvalue weighted by molar-refractivity contribution is 5.97. The third kappa shape index (κ3) is 4.25. The number of aromatic amines is 1. The fourth-order valence-corrected chi connectivity index (χ4v) is 3.48. The molecule has 0 unspecified atom stereocenters. The third-order valence-corrected chi connectivity index (χ3v) is 5.40. The molecule has 0 bridgehead atoms. The van der Waals surface area contributed by atoms with E-state index in [4.69, 9.17) is 0 Å². The van der Waals surface area contributed by atoms with Gasteiger partial charge < -0.3 is 14.7 Å². The summed E-state index contributed by atoms with van der Waals surface area (Å²) in [6, 6.07) is 7.52. The lowest BCUT2D eigenvalue weighted by atomic mass is 10.0. The van der Waals surface area contributed by atoms with Crippen molar-refractivity contribution < 1.29 is 4.79 Å². The molecule has 1 amide bonds. The second-order valence-electron chi connectivity index (χ2n) is 7.84. The van der Waals surface area contributed by atoms with Gasteiger partial charge in [0.1, 0.15) is 0 Å². The number of likely N-dealkylation sites (N-methyl/N-ethyl adjacent to an activating group) is 2. The fourth-order valence-electron chi connectivity index (χ4n) is 3.48. The van der Waals surface area contributed by atoms with Crippen molar-refractivity contribution in [3.63, 3.8) is 0 Å². The van der Waals surface area contributed by atoms with Crippen LogP contribution in [0.5, 0.6) is 0 Å². The van der Waals surface area contributed by atoms with E-state index >= 15 is 0 Å². The summed E-state index contributed by atoms with van der Waals surface area (Å²) in [5, 5.41) is 0. The molecule has 3 rings (SSSR count). The number of anilines is 2. The summed E-state index contributed by atoms with van der Waals surface area (Å²) in [5.41, 5.74) is 3.71. The van der Waals surface area contributed by atoms with E-state index < -0.39 is 0 Å². The van der Waals surface area contributed by atoms with Crippen LogP contribution in [0.2, 0.25) is 0 Å². The molecule has 0 radical (unpaired) electrons. The molecule has 2 aromatic rings. The quantitative estimate of drug-likeness (QED) is 0.825. The number of aromatic nitrogens is 2. The van der Waals surface area contributed by atoms with E-state index in [0.717, 1.165) is 29.9 Å². The Morgan fingerprint density at radius 2 is 1.93 bits per heavy atom. The van der Waals surface area contributed by atoms with Crippen LogP contribution in [0.25, 0.3) is 0 Å². The van der Waals surface area contributed by atoms with Crippen molar-refractivity contribution >= 4 is 17.5 Å². The molecule has 1 atom stereocenters. The summed E-state index contributed by atoms with van der Waals surface area (Å²) in [6.45, 7) is 6.23. The second-order valence-corrected chi connectivity index (χ2v) is 7.84. The molecule has 1 aromatic carbocycles. The van der Waals surface area contributed by atoms with Crippen molar-refractivity contribution in [2.24, 2.45) is 0 Å². The van der Waals surface area contributed by atoms with Gasteiger partial charge in [-0.3, -0.25) is 14.6 Å². The monoisotopic (exact) mass is 383 g/mol. The standard InChI is InChI=1S/C21H29N5O2/c1-14-7-6-8-18(15(14)2)26-13-16(11-20(26)28)17-12-19(27)23-21(22-17)25(5)10-9-24(3)4/h6-8,12,16H,9-11,13H2,1-5H3,(H,22,23,27)/t16-/m0/s1. The van der Waals surface area contributed by atoms with E-state index in [1.54, 1.807) is 0 Å². The van der Waals surface area contributed by atoms with Gasteiger partial charge >= 0.3 is 0 Å². The number of hydrogen-bond donors (Lipinski definition) is 1. The van der Waals surface area contributed by atoms with E-state index in [0.29, 0.717) is 24.6 Å². The van der Waals surface area contributed by atoms with Crippen LogP contribution in [0.15, 0.2) is 29.1 Å². The Hall–Kier alpha value is -2.67. The van der Waals surface area contributed by atoms with Gasteiger partial charge in [-0.05, 0) is 45.1 Å². The topological polar surface area (TPSA) is 72.5 Å². The number of nitrogens with zero attached hydrogens (tertiary/aromatic N) is 4. The molecular weight excluding hydrogens is 354 g/mol. The Morgan fingerprint density at radius 3 is 2.64 bits per heavy atom. The predicted octanol–water partition coefficient (Wildman–Crippen LogP) is 1.91. The van der Waals surface area contributed by atoms with Crippen molar-refractivity contribution in [2.45, 2.75) is 26.2 Å². The number of hydrogen-bond acceptors (Lipinski definition) is 5. The highest BCUT2D eigenvalue weighted by atomic mass is 16.2. The highest BCUT2D eigenvalue weighted by Crippen LogP contribution is 2.33. The first-order valence-electron chi connectivity index (χ1n) is 9.60. The summed E-state index contributed by atoms with van der Waals surface area (Å²) in [6.07, 6.45) is 0.366. The zero-order valence-electron chi connectivity index (χ0n) is 17.3. The van der Waals surface area contributed by atoms with Gasteiger partial charge in [0.2, 0.25) is 11.9 Å². The summed E-state index contributed by atoms with van der Waals surface area (Å²) in [7, 11) is 5.92. The molecule has 150 valence electrons. The molecule has 1 aliphatic heterocycles. The minimum atomic E-state index is -0.186. The number of carbonyl (C=O) groups excluding carboxylic acids is 1. The van der Waals surface area contributed by atoms with E-state index in [9.17, 15) is 9.59 Å². The van der Waals surface area contributed by atoms with Crippen LogP contribution in [-0.2, 0) is 4.79 Å². The second kappa shape index (κ2) is 8.14. The van der Waals surface area contributed by atoms with Gasteiger partial charge in [0.25, 0.3) is 5.56 Å². The number of nitrogens with one attached hydrogen (secondary N) is 1. The maximum Gasteiger partial charge on any atom is 0.252 e. The Morgan fingerprint density at radius 1 is 1.18 bits per heavy atom. The van der Waals surface area contributed by atoms with E-state index in [2.05, 4.69) is 14.9 Å². The lowest BCUT2D eigenvalue weighted by Crippen LogP contribution is -2.31. The van der Waals surface area contributed by atoms with E-state index in [-0.39, 0.29) is 17.4 Å². The molecule has 1 aromatic heterocycles. The zero-order valence-corrected chi connectivity index (χ0v) is 17.3. The van der Waals surface area contributed by atoms with Gasteiger partial charge in [0.15, 0.2) is 0 Å². The average molecular weight is 383 g/mol. The molecule has 0 aliphatic carbocycles. The highest BCUT2D eigenvalue weighted by Gasteiger charge is 2.33. The third-order valence-electron chi connectivity index (χ3n) is 5.40. The summed E-state index contributed by atoms with van der Waals surface area (Å²) >= 11 is 0. The normalized spacial score (nSPS) is 16.9. The van der Waals surface area contributed by atoms with Crippen LogP contribution in [0.4, 0.5) is 11.6 Å². The maximum absolute atomic E-state index is 12.7. The van der Waals surface area contributed by atoms with Crippen LogP contribution < -0.4 is 15.4 Å². The molecule has 1 fully saturated rings. The molecule has 1 aliphatic rings. The van der Waals surface area contributed by atoms with Crippen LogP contribution in [0.3, 0.4) is 0 Å².